The van der Waals surface area contributed by atoms with Crippen LogP contribution in [-0.2, 0) is 0 Å². The van der Waals surface area contributed by atoms with Crippen molar-refractivity contribution in [2.45, 2.75) is 0 Å². The molecule has 0 spiro atoms. The van der Waals surface area contributed by atoms with E-state index in [1.807, 2.05) is 0 Å². The van der Waals surface area contributed by atoms with Gasteiger partial charge in [0.25, 0.3) is 0 Å². The molecule has 0 saturated carbocycles. The molecule has 1 aromatic rings. The standard InChI is InChI=1S/C9H9N3O3/c10-12-11-3-1-2-7-8(14)4-6(13)5-9(7)15/h1-2,4-5,13-15H,3H2. The number of hydrogen-bond donors (Lipinski definition) is 3. The van der Waals surface area contributed by atoms with Gasteiger partial charge in [0.05, 0.1) is 5.56 Å². The molecule has 0 aliphatic heterocycles. The van der Waals surface area contributed by atoms with Crippen LogP contribution in [0.2, 0.25) is 0 Å². The molecule has 0 aliphatic carbocycles. The highest BCUT2D eigenvalue weighted by atomic mass is 16.3. The van der Waals surface area contributed by atoms with Crippen molar-refractivity contribution in [2.24, 2.45) is 5.11 Å². The summed E-state index contributed by atoms with van der Waals surface area (Å²) in [5, 5.41) is 31.0. The van der Waals surface area contributed by atoms with E-state index in [2.05, 4.69) is 10.0 Å². The average Bonchev–Trinajstić information content (AvgIpc) is 2.15. The second-order valence-electron chi connectivity index (χ2n) is 2.71. The predicted octanol–water partition coefficient (Wildman–Crippen LogP) is 2.13. The molecule has 0 aromatic heterocycles. The third kappa shape index (κ3) is 2.82. The van der Waals surface area contributed by atoms with Crippen LogP contribution in [0.5, 0.6) is 17.2 Å². The summed E-state index contributed by atoms with van der Waals surface area (Å²) in [5.74, 6) is -0.716. The number of aromatic hydroxyl groups is 3. The van der Waals surface area contributed by atoms with Crippen molar-refractivity contribution < 1.29 is 15.3 Å². The summed E-state index contributed by atoms with van der Waals surface area (Å²) in [6, 6.07) is 2.21. The van der Waals surface area contributed by atoms with E-state index in [1.54, 1.807) is 0 Å². The van der Waals surface area contributed by atoms with E-state index in [0.29, 0.717) is 0 Å². The largest absolute Gasteiger partial charge is 0.508 e. The first-order chi connectivity index (χ1) is 7.15. The second-order valence-corrected chi connectivity index (χ2v) is 2.71. The number of hydrogen-bond acceptors (Lipinski definition) is 4. The lowest BCUT2D eigenvalue weighted by Gasteiger charge is -2.02. The van der Waals surface area contributed by atoms with Crippen molar-refractivity contribution in [2.75, 3.05) is 6.54 Å². The van der Waals surface area contributed by atoms with E-state index in [4.69, 9.17) is 10.6 Å². The van der Waals surface area contributed by atoms with E-state index >= 15 is 0 Å². The average molecular weight is 207 g/mol. The highest BCUT2D eigenvalue weighted by Gasteiger charge is 2.05. The molecular formula is C9H9N3O3. The highest BCUT2D eigenvalue weighted by Crippen LogP contribution is 2.32. The Morgan fingerprint density at radius 2 is 1.87 bits per heavy atom. The lowest BCUT2D eigenvalue weighted by molar-refractivity contribution is 0.426. The molecule has 1 aromatic carbocycles. The number of rotatable bonds is 3. The van der Waals surface area contributed by atoms with E-state index < -0.39 is 0 Å². The Morgan fingerprint density at radius 3 is 2.40 bits per heavy atom. The number of azide groups is 1. The molecule has 1 rings (SSSR count). The fourth-order valence-electron chi connectivity index (χ4n) is 1.03. The molecule has 0 unspecified atom stereocenters. The van der Waals surface area contributed by atoms with Crippen LogP contribution < -0.4 is 0 Å². The van der Waals surface area contributed by atoms with Crippen molar-refractivity contribution in [3.63, 3.8) is 0 Å². The lowest BCUT2D eigenvalue weighted by Crippen LogP contribution is -1.78. The highest BCUT2D eigenvalue weighted by molar-refractivity contribution is 5.65. The van der Waals surface area contributed by atoms with Crippen LogP contribution in [0.15, 0.2) is 23.3 Å². The number of benzene rings is 1. The molecule has 15 heavy (non-hydrogen) atoms. The third-order valence-corrected chi connectivity index (χ3v) is 1.66. The van der Waals surface area contributed by atoms with E-state index in [0.717, 1.165) is 12.1 Å². The van der Waals surface area contributed by atoms with Crippen LogP contribution in [0.25, 0.3) is 16.5 Å². The van der Waals surface area contributed by atoms with Crippen molar-refractivity contribution in [1.29, 1.82) is 0 Å². The summed E-state index contributed by atoms with van der Waals surface area (Å²) in [5.41, 5.74) is 8.17. The van der Waals surface area contributed by atoms with Crippen molar-refractivity contribution >= 4 is 6.08 Å². The fourth-order valence-corrected chi connectivity index (χ4v) is 1.03. The van der Waals surface area contributed by atoms with Gasteiger partial charge in [0.15, 0.2) is 0 Å². The SMILES string of the molecule is [N-]=[N+]=NCC=Cc1c(O)cc(O)cc1O. The smallest absolute Gasteiger partial charge is 0.130 e. The molecule has 0 heterocycles. The zero-order valence-corrected chi connectivity index (χ0v) is 7.70. The molecule has 0 radical (unpaired) electrons. The van der Waals surface area contributed by atoms with Gasteiger partial charge in [-0.3, -0.25) is 0 Å². The quantitative estimate of drug-likeness (QED) is 0.401. The maximum absolute atomic E-state index is 9.35. The summed E-state index contributed by atoms with van der Waals surface area (Å²) in [6.45, 7) is 0.121. The lowest BCUT2D eigenvalue weighted by atomic mass is 10.1. The van der Waals surface area contributed by atoms with E-state index in [1.165, 1.54) is 12.2 Å². The van der Waals surface area contributed by atoms with E-state index in [-0.39, 0.29) is 29.4 Å². The van der Waals surface area contributed by atoms with Crippen LogP contribution in [0.3, 0.4) is 0 Å². The molecule has 78 valence electrons. The number of phenols is 3. The van der Waals surface area contributed by atoms with Gasteiger partial charge in [-0.2, -0.15) is 0 Å². The van der Waals surface area contributed by atoms with Gasteiger partial charge in [-0.1, -0.05) is 17.3 Å². The molecule has 0 saturated heterocycles. The molecule has 0 amide bonds. The van der Waals surface area contributed by atoms with Crippen LogP contribution in [0.4, 0.5) is 0 Å². The van der Waals surface area contributed by atoms with Crippen molar-refractivity contribution in [1.82, 2.24) is 0 Å². The van der Waals surface area contributed by atoms with Crippen LogP contribution in [0.1, 0.15) is 5.56 Å². The molecular weight excluding hydrogens is 198 g/mol. The molecule has 0 bridgehead atoms. The molecule has 0 atom stereocenters. The van der Waals surface area contributed by atoms with Crippen molar-refractivity contribution in [3.8, 4) is 17.2 Å². The Hall–Kier alpha value is -2.33. The van der Waals surface area contributed by atoms with Crippen molar-refractivity contribution in [3.05, 3.63) is 34.2 Å². The van der Waals surface area contributed by atoms with Gasteiger partial charge in [-0.15, -0.1) is 0 Å². The molecule has 6 heteroatoms. The Bertz CT molecular complexity index is 413. The normalized spacial score (nSPS) is 10.1. The zero-order chi connectivity index (χ0) is 11.3. The minimum Gasteiger partial charge on any atom is -0.508 e. The predicted molar refractivity (Wildman–Crippen MR) is 54.5 cm³/mol. The molecule has 0 fully saturated rings. The van der Waals surface area contributed by atoms with Crippen LogP contribution in [-0.4, -0.2) is 21.9 Å². The maximum atomic E-state index is 9.35. The van der Waals surface area contributed by atoms with Gasteiger partial charge < -0.3 is 15.3 Å². The molecule has 0 aliphatic rings. The summed E-state index contributed by atoms with van der Waals surface area (Å²) in [7, 11) is 0. The Labute approximate surface area is 85.4 Å². The van der Waals surface area contributed by atoms with Gasteiger partial charge in [0, 0.05) is 23.6 Å². The van der Waals surface area contributed by atoms with Crippen LogP contribution in [0, 0.1) is 0 Å². The minimum absolute atomic E-state index is 0.121. The fraction of sp³-hybridized carbons (Fsp3) is 0.111. The summed E-state index contributed by atoms with van der Waals surface area (Å²) < 4.78 is 0. The Kier molecular flexibility index (Phi) is 3.43. The van der Waals surface area contributed by atoms with Gasteiger partial charge in [-0.25, -0.2) is 0 Å². The van der Waals surface area contributed by atoms with Gasteiger partial charge in [0.2, 0.25) is 0 Å². The first-order valence-electron chi connectivity index (χ1n) is 4.07. The summed E-state index contributed by atoms with van der Waals surface area (Å²) in [6.07, 6.45) is 2.88. The summed E-state index contributed by atoms with van der Waals surface area (Å²) in [4.78, 5) is 2.53. The molecule has 6 nitrogen and oxygen atoms in total. The molecule has 3 N–H and O–H groups in total. The van der Waals surface area contributed by atoms with Gasteiger partial charge >= 0.3 is 0 Å². The monoisotopic (exact) mass is 207 g/mol. The topological polar surface area (TPSA) is 109 Å². The number of phenolic OH excluding ortho intramolecular Hbond substituents is 3. The Balaban J connectivity index is 2.94. The van der Waals surface area contributed by atoms with E-state index in [9.17, 15) is 10.2 Å². The second kappa shape index (κ2) is 4.78. The maximum Gasteiger partial charge on any atom is 0.130 e. The van der Waals surface area contributed by atoms with Gasteiger partial charge in [0.1, 0.15) is 17.2 Å². The minimum atomic E-state index is -0.246. The van der Waals surface area contributed by atoms with Crippen LogP contribution >= 0.6 is 0 Å². The summed E-state index contributed by atoms with van der Waals surface area (Å²) >= 11 is 0. The first kappa shape index (κ1) is 10.7. The number of nitrogens with zero attached hydrogens (tertiary/aromatic N) is 3. The van der Waals surface area contributed by atoms with Gasteiger partial charge in [-0.05, 0) is 5.53 Å². The third-order valence-electron chi connectivity index (χ3n) is 1.66. The Morgan fingerprint density at radius 1 is 1.27 bits per heavy atom. The first-order valence-corrected chi connectivity index (χ1v) is 4.07. The zero-order valence-electron chi connectivity index (χ0n) is 7.70.